The van der Waals surface area contributed by atoms with Gasteiger partial charge in [-0.3, -0.25) is 9.69 Å². The number of nitrogens with one attached hydrogen (secondary N) is 1. The summed E-state index contributed by atoms with van der Waals surface area (Å²) in [5.41, 5.74) is 2.00. The van der Waals surface area contributed by atoms with Crippen molar-refractivity contribution in [1.29, 1.82) is 0 Å². The third-order valence-electron chi connectivity index (χ3n) is 5.05. The highest BCUT2D eigenvalue weighted by atomic mass is 79.9. The Labute approximate surface area is 198 Å². The molecular weight excluding hydrogens is 491 g/mol. The summed E-state index contributed by atoms with van der Waals surface area (Å²) in [7, 11) is 1.53. The first-order chi connectivity index (χ1) is 15.9. The van der Waals surface area contributed by atoms with Crippen molar-refractivity contribution < 1.29 is 23.5 Å². The van der Waals surface area contributed by atoms with Crippen molar-refractivity contribution in [2.45, 2.75) is 13.2 Å². The number of hydrogen-bond donors (Lipinski definition) is 1. The Bertz CT molecular complexity index is 1230. The van der Waals surface area contributed by atoms with Gasteiger partial charge in [0.1, 0.15) is 18.1 Å². The maximum atomic E-state index is 13.9. The third-order valence-corrected chi connectivity index (χ3v) is 5.58. The van der Waals surface area contributed by atoms with Gasteiger partial charge in [0.2, 0.25) is 0 Å². The molecule has 0 aliphatic carbocycles. The molecule has 3 aromatic rings. The van der Waals surface area contributed by atoms with E-state index in [1.54, 1.807) is 36.4 Å². The van der Waals surface area contributed by atoms with Crippen molar-refractivity contribution in [3.63, 3.8) is 0 Å². The Balaban J connectivity index is 1.49. The molecule has 0 atom stereocenters. The largest absolute Gasteiger partial charge is 0.493 e. The van der Waals surface area contributed by atoms with Gasteiger partial charge < -0.3 is 14.8 Å². The molecule has 8 heteroatoms. The fraction of sp³-hybridized carbons (Fsp3) is 0.120. The lowest BCUT2D eigenvalue weighted by atomic mass is 10.1. The molecule has 1 N–H and O–H groups in total. The van der Waals surface area contributed by atoms with Gasteiger partial charge in [0, 0.05) is 10.0 Å². The zero-order valence-corrected chi connectivity index (χ0v) is 19.3. The van der Waals surface area contributed by atoms with Gasteiger partial charge in [-0.05, 0) is 47.5 Å². The summed E-state index contributed by atoms with van der Waals surface area (Å²) in [6.07, 6.45) is 1.54. The number of urea groups is 1. The Morgan fingerprint density at radius 1 is 1.03 bits per heavy atom. The van der Waals surface area contributed by atoms with Gasteiger partial charge >= 0.3 is 6.03 Å². The standard InChI is InChI=1S/C25H20BrFN2O4/c1-32-23-13-17(8-11-22(23)33-15-16-6-9-19(26)10-7-16)12-21-24(30)29(25(31)28-21)14-18-4-2-3-5-20(18)27/h2-13H,14-15H2,1H3,(H,28,31)/b21-12+. The monoisotopic (exact) mass is 510 g/mol. The van der Waals surface area contributed by atoms with Crippen LogP contribution >= 0.6 is 15.9 Å². The summed E-state index contributed by atoms with van der Waals surface area (Å²) in [6, 6.07) is 18.4. The first kappa shape index (κ1) is 22.5. The molecular formula is C25H20BrFN2O4. The molecule has 0 saturated carbocycles. The minimum absolute atomic E-state index is 0.0990. The summed E-state index contributed by atoms with van der Waals surface area (Å²) < 4.78 is 26.2. The van der Waals surface area contributed by atoms with Gasteiger partial charge in [-0.1, -0.05) is 52.3 Å². The Hall–Kier alpha value is -3.65. The van der Waals surface area contributed by atoms with Crippen LogP contribution in [0, 0.1) is 5.82 Å². The second kappa shape index (κ2) is 9.87. The normalized spacial score (nSPS) is 14.5. The van der Waals surface area contributed by atoms with Crippen LogP contribution in [0.3, 0.4) is 0 Å². The minimum Gasteiger partial charge on any atom is -0.493 e. The summed E-state index contributed by atoms with van der Waals surface area (Å²) in [6.45, 7) is 0.213. The highest BCUT2D eigenvalue weighted by molar-refractivity contribution is 9.10. The average Bonchev–Trinajstić information content (AvgIpc) is 3.07. The molecule has 1 aliphatic rings. The van der Waals surface area contributed by atoms with E-state index in [2.05, 4.69) is 21.2 Å². The van der Waals surface area contributed by atoms with Gasteiger partial charge in [-0.25, -0.2) is 9.18 Å². The van der Waals surface area contributed by atoms with Crippen LogP contribution in [0.5, 0.6) is 11.5 Å². The summed E-state index contributed by atoms with van der Waals surface area (Å²) in [5.74, 6) is 0.0313. The van der Waals surface area contributed by atoms with Crippen molar-refractivity contribution >= 4 is 33.9 Å². The SMILES string of the molecule is COc1cc(/C=C2/NC(=O)N(Cc3ccccc3F)C2=O)ccc1OCc1ccc(Br)cc1. The van der Waals surface area contributed by atoms with Gasteiger partial charge in [0.05, 0.1) is 13.7 Å². The molecule has 1 aliphatic heterocycles. The van der Waals surface area contributed by atoms with Crippen LogP contribution in [-0.2, 0) is 17.9 Å². The molecule has 4 rings (SSSR count). The average molecular weight is 511 g/mol. The quantitative estimate of drug-likeness (QED) is 0.347. The van der Waals surface area contributed by atoms with E-state index in [0.717, 1.165) is 14.9 Å². The molecule has 1 fully saturated rings. The van der Waals surface area contributed by atoms with Gasteiger partial charge in [0.25, 0.3) is 5.91 Å². The predicted molar refractivity (Wildman–Crippen MR) is 125 cm³/mol. The minimum atomic E-state index is -0.601. The number of halogens is 2. The lowest BCUT2D eigenvalue weighted by molar-refractivity contribution is -0.123. The molecule has 1 heterocycles. The Morgan fingerprint density at radius 3 is 2.52 bits per heavy atom. The van der Waals surface area contributed by atoms with E-state index >= 15 is 0 Å². The smallest absolute Gasteiger partial charge is 0.329 e. The van der Waals surface area contributed by atoms with Crippen LogP contribution in [0.15, 0.2) is 76.9 Å². The highest BCUT2D eigenvalue weighted by Gasteiger charge is 2.34. The van der Waals surface area contributed by atoms with E-state index in [1.807, 2.05) is 24.3 Å². The van der Waals surface area contributed by atoms with Crippen molar-refractivity contribution in [2.24, 2.45) is 0 Å². The number of carbonyl (C=O) groups excluding carboxylic acids is 2. The molecule has 6 nitrogen and oxygen atoms in total. The Morgan fingerprint density at radius 2 is 1.79 bits per heavy atom. The molecule has 0 aromatic heterocycles. The number of hydrogen-bond acceptors (Lipinski definition) is 4. The molecule has 0 radical (unpaired) electrons. The van der Waals surface area contributed by atoms with E-state index in [1.165, 1.54) is 19.2 Å². The molecule has 1 saturated heterocycles. The molecule has 168 valence electrons. The maximum absolute atomic E-state index is 13.9. The van der Waals surface area contributed by atoms with Crippen LogP contribution in [0.25, 0.3) is 6.08 Å². The number of benzene rings is 3. The first-order valence-corrected chi connectivity index (χ1v) is 10.9. The highest BCUT2D eigenvalue weighted by Crippen LogP contribution is 2.30. The number of ether oxygens (including phenoxy) is 2. The van der Waals surface area contributed by atoms with E-state index in [9.17, 15) is 14.0 Å². The third kappa shape index (κ3) is 5.23. The van der Waals surface area contributed by atoms with Crippen LogP contribution < -0.4 is 14.8 Å². The van der Waals surface area contributed by atoms with E-state index in [-0.39, 0.29) is 17.8 Å². The van der Waals surface area contributed by atoms with Crippen LogP contribution in [0.2, 0.25) is 0 Å². The fourth-order valence-electron chi connectivity index (χ4n) is 3.31. The number of imide groups is 1. The van der Waals surface area contributed by atoms with Crippen LogP contribution in [0.1, 0.15) is 16.7 Å². The van der Waals surface area contributed by atoms with Crippen LogP contribution in [-0.4, -0.2) is 23.9 Å². The predicted octanol–water partition coefficient (Wildman–Crippen LogP) is 5.27. The van der Waals surface area contributed by atoms with Gasteiger partial charge in [0.15, 0.2) is 11.5 Å². The zero-order chi connectivity index (χ0) is 23.4. The number of amides is 3. The first-order valence-electron chi connectivity index (χ1n) is 10.1. The van der Waals surface area contributed by atoms with Crippen molar-refractivity contribution in [3.8, 4) is 11.5 Å². The van der Waals surface area contributed by atoms with Crippen molar-refractivity contribution in [2.75, 3.05) is 7.11 Å². The van der Waals surface area contributed by atoms with Gasteiger partial charge in [-0.15, -0.1) is 0 Å². The number of nitrogens with zero attached hydrogens (tertiary/aromatic N) is 1. The second-order valence-corrected chi connectivity index (χ2v) is 8.21. The second-order valence-electron chi connectivity index (χ2n) is 7.30. The zero-order valence-electron chi connectivity index (χ0n) is 17.7. The Kier molecular flexibility index (Phi) is 6.74. The summed E-state index contributed by atoms with van der Waals surface area (Å²) >= 11 is 3.40. The maximum Gasteiger partial charge on any atom is 0.329 e. The summed E-state index contributed by atoms with van der Waals surface area (Å²) in [5, 5.41) is 2.55. The molecule has 33 heavy (non-hydrogen) atoms. The summed E-state index contributed by atoms with van der Waals surface area (Å²) in [4.78, 5) is 26.0. The van der Waals surface area contributed by atoms with E-state index in [0.29, 0.717) is 23.7 Å². The van der Waals surface area contributed by atoms with Crippen LogP contribution in [0.4, 0.5) is 9.18 Å². The van der Waals surface area contributed by atoms with Crippen molar-refractivity contribution in [3.05, 3.63) is 99.4 Å². The molecule has 3 amide bonds. The molecule has 0 bridgehead atoms. The lowest BCUT2D eigenvalue weighted by Gasteiger charge is -2.12. The topological polar surface area (TPSA) is 67.9 Å². The number of rotatable bonds is 7. The fourth-order valence-corrected chi connectivity index (χ4v) is 3.58. The van der Waals surface area contributed by atoms with Gasteiger partial charge in [-0.2, -0.15) is 0 Å². The van der Waals surface area contributed by atoms with E-state index in [4.69, 9.17) is 9.47 Å². The number of carbonyl (C=O) groups is 2. The van der Waals surface area contributed by atoms with E-state index < -0.39 is 17.8 Å². The molecule has 0 spiro atoms. The number of methoxy groups -OCH3 is 1. The molecule has 0 unspecified atom stereocenters. The molecule has 3 aromatic carbocycles. The lowest BCUT2D eigenvalue weighted by Crippen LogP contribution is -2.30. The van der Waals surface area contributed by atoms with Crippen molar-refractivity contribution in [1.82, 2.24) is 10.2 Å².